The Balaban J connectivity index is 1.23. The molecule has 0 radical (unpaired) electrons. The number of benzene rings is 1. The summed E-state index contributed by atoms with van der Waals surface area (Å²) < 4.78 is 18.3. The molecule has 0 saturated carbocycles. The number of rotatable bonds is 4. The number of nitrogens with one attached hydrogen (secondary N) is 2. The van der Waals surface area contributed by atoms with Crippen molar-refractivity contribution >= 4 is 5.91 Å². The van der Waals surface area contributed by atoms with Crippen LogP contribution in [-0.2, 0) is 32.5 Å². The molecule has 1 atom stereocenters. The van der Waals surface area contributed by atoms with Gasteiger partial charge in [0.15, 0.2) is 0 Å². The van der Waals surface area contributed by atoms with Crippen LogP contribution < -0.4 is 16.3 Å². The number of fused-ring (bicyclic) bond motifs is 2. The fraction of sp³-hybridized carbons (Fsp3) is 0.455. The third kappa shape index (κ3) is 4.22. The lowest BCUT2D eigenvalue weighted by Crippen LogP contribution is -2.36. The molecular weight excluding hydrogens is 413 g/mol. The largest absolute Gasteiger partial charge is 0.348 e. The van der Waals surface area contributed by atoms with Gasteiger partial charge in [0.2, 0.25) is 0 Å². The number of aromatic nitrogens is 5. The van der Waals surface area contributed by atoms with Crippen molar-refractivity contribution in [1.29, 1.82) is 0 Å². The molecule has 32 heavy (non-hydrogen) atoms. The zero-order valence-electron chi connectivity index (χ0n) is 17.8. The van der Waals surface area contributed by atoms with Crippen molar-refractivity contribution in [3.63, 3.8) is 0 Å². The van der Waals surface area contributed by atoms with E-state index in [0.29, 0.717) is 38.0 Å². The Morgan fingerprint density at radius 1 is 1.12 bits per heavy atom. The minimum Gasteiger partial charge on any atom is -0.348 e. The maximum atomic E-state index is 13.1. The third-order valence-corrected chi connectivity index (χ3v) is 6.14. The standard InChI is InChI=1S/C22H26FN7O2/c23-16-3-1-15(2-4-16)13-30-22(32)29-11-8-17(5-6-20(29)27-30)25-21(31)18-14-28-12-10-24-9-7-19(28)26-18/h1-4,14,17,24H,5-13H2,(H,25,31). The minimum atomic E-state index is -0.307. The Bertz CT molecular complexity index is 1150. The Labute approximate surface area is 184 Å². The van der Waals surface area contributed by atoms with Gasteiger partial charge in [0, 0.05) is 51.3 Å². The fourth-order valence-corrected chi connectivity index (χ4v) is 4.38. The quantitative estimate of drug-likeness (QED) is 0.624. The van der Waals surface area contributed by atoms with Crippen LogP contribution in [0.4, 0.5) is 4.39 Å². The zero-order valence-corrected chi connectivity index (χ0v) is 17.8. The molecule has 0 bridgehead atoms. The van der Waals surface area contributed by atoms with Crippen molar-refractivity contribution in [2.75, 3.05) is 13.1 Å². The van der Waals surface area contributed by atoms with Gasteiger partial charge in [0.1, 0.15) is 23.2 Å². The molecule has 1 aromatic carbocycles. The SMILES string of the molecule is O=C(NC1CCc2nn(Cc3ccc(F)cc3)c(=O)n2CC1)c1cn2c(n1)CCNCC2. The summed E-state index contributed by atoms with van der Waals surface area (Å²) in [5, 5.41) is 10.9. The predicted molar refractivity (Wildman–Crippen MR) is 115 cm³/mol. The van der Waals surface area contributed by atoms with E-state index < -0.39 is 0 Å². The van der Waals surface area contributed by atoms with Gasteiger partial charge in [-0.05, 0) is 30.5 Å². The molecule has 4 heterocycles. The summed E-state index contributed by atoms with van der Waals surface area (Å²) in [6.45, 7) is 3.35. The summed E-state index contributed by atoms with van der Waals surface area (Å²) in [5.74, 6) is 1.17. The second-order valence-electron chi connectivity index (χ2n) is 8.37. The van der Waals surface area contributed by atoms with Crippen molar-refractivity contribution in [2.45, 2.75) is 51.4 Å². The number of amides is 1. The highest BCUT2D eigenvalue weighted by Gasteiger charge is 2.24. The number of hydrogen-bond acceptors (Lipinski definition) is 5. The highest BCUT2D eigenvalue weighted by molar-refractivity contribution is 5.92. The molecule has 0 aliphatic carbocycles. The highest BCUT2D eigenvalue weighted by Crippen LogP contribution is 2.14. The van der Waals surface area contributed by atoms with E-state index in [9.17, 15) is 14.0 Å². The monoisotopic (exact) mass is 439 g/mol. The molecule has 0 saturated heterocycles. The second kappa shape index (κ2) is 8.70. The van der Waals surface area contributed by atoms with Gasteiger partial charge in [-0.25, -0.2) is 18.9 Å². The van der Waals surface area contributed by atoms with Gasteiger partial charge in [-0.3, -0.25) is 9.36 Å². The average molecular weight is 439 g/mol. The summed E-state index contributed by atoms with van der Waals surface area (Å²) >= 11 is 0. The number of imidazole rings is 1. The van der Waals surface area contributed by atoms with Crippen LogP contribution in [0.2, 0.25) is 0 Å². The van der Waals surface area contributed by atoms with Crippen molar-refractivity contribution in [2.24, 2.45) is 0 Å². The maximum absolute atomic E-state index is 13.1. The molecule has 10 heteroatoms. The molecule has 9 nitrogen and oxygen atoms in total. The third-order valence-electron chi connectivity index (χ3n) is 6.14. The van der Waals surface area contributed by atoms with Crippen molar-refractivity contribution < 1.29 is 9.18 Å². The lowest BCUT2D eigenvalue weighted by Gasteiger charge is -2.15. The molecule has 0 fully saturated rings. The Kier molecular flexibility index (Phi) is 5.60. The van der Waals surface area contributed by atoms with Crippen LogP contribution in [0.3, 0.4) is 0 Å². The first-order valence-corrected chi connectivity index (χ1v) is 11.1. The lowest BCUT2D eigenvalue weighted by atomic mass is 10.1. The van der Waals surface area contributed by atoms with Gasteiger partial charge in [0.25, 0.3) is 5.91 Å². The second-order valence-corrected chi connectivity index (χ2v) is 8.37. The van der Waals surface area contributed by atoms with Crippen LogP contribution in [0.25, 0.3) is 0 Å². The molecular formula is C22H26FN7O2. The molecule has 1 unspecified atom stereocenters. The van der Waals surface area contributed by atoms with Gasteiger partial charge in [-0.1, -0.05) is 12.1 Å². The number of carbonyl (C=O) groups excluding carboxylic acids is 1. The molecule has 2 aromatic heterocycles. The molecule has 3 aromatic rings. The molecule has 168 valence electrons. The van der Waals surface area contributed by atoms with Crippen molar-refractivity contribution in [3.05, 3.63) is 69.7 Å². The minimum absolute atomic E-state index is 0.0441. The number of aryl methyl sites for hydroxylation is 1. The van der Waals surface area contributed by atoms with Crippen molar-refractivity contribution in [3.8, 4) is 0 Å². The Morgan fingerprint density at radius 2 is 1.97 bits per heavy atom. The van der Waals surface area contributed by atoms with Gasteiger partial charge in [-0.2, -0.15) is 5.10 Å². The van der Waals surface area contributed by atoms with E-state index in [1.807, 2.05) is 10.8 Å². The summed E-state index contributed by atoms with van der Waals surface area (Å²) in [6, 6.07) is 6.03. The van der Waals surface area contributed by atoms with E-state index in [4.69, 9.17) is 0 Å². The van der Waals surface area contributed by atoms with Crippen LogP contribution in [0.5, 0.6) is 0 Å². The lowest BCUT2D eigenvalue weighted by molar-refractivity contribution is 0.0928. The van der Waals surface area contributed by atoms with Crippen molar-refractivity contribution in [1.82, 2.24) is 34.5 Å². The predicted octanol–water partition coefficient (Wildman–Crippen LogP) is 0.709. The molecule has 1 amide bonds. The first-order chi connectivity index (χ1) is 15.6. The van der Waals surface area contributed by atoms with E-state index >= 15 is 0 Å². The van der Waals surface area contributed by atoms with Gasteiger partial charge in [-0.15, -0.1) is 0 Å². The molecule has 2 aliphatic rings. The maximum Gasteiger partial charge on any atom is 0.346 e. The van der Waals surface area contributed by atoms with Crippen LogP contribution in [0, 0.1) is 5.82 Å². The number of hydrogen-bond donors (Lipinski definition) is 2. The Morgan fingerprint density at radius 3 is 2.81 bits per heavy atom. The molecule has 5 rings (SSSR count). The van der Waals surface area contributed by atoms with E-state index in [1.54, 1.807) is 16.7 Å². The van der Waals surface area contributed by atoms with E-state index in [0.717, 1.165) is 43.3 Å². The zero-order chi connectivity index (χ0) is 22.1. The molecule has 0 spiro atoms. The molecule has 2 N–H and O–H groups in total. The topological polar surface area (TPSA) is 98.8 Å². The van der Waals surface area contributed by atoms with Crippen LogP contribution >= 0.6 is 0 Å². The van der Waals surface area contributed by atoms with Gasteiger partial charge >= 0.3 is 5.69 Å². The molecule has 2 aliphatic heterocycles. The van der Waals surface area contributed by atoms with Crippen LogP contribution in [0.15, 0.2) is 35.3 Å². The van der Waals surface area contributed by atoms with Crippen LogP contribution in [0.1, 0.15) is 40.5 Å². The summed E-state index contributed by atoms with van der Waals surface area (Å²) in [5.41, 5.74) is 1.09. The first-order valence-electron chi connectivity index (χ1n) is 11.1. The number of halogens is 1. The van der Waals surface area contributed by atoms with E-state index in [2.05, 4.69) is 20.7 Å². The fourth-order valence-electron chi connectivity index (χ4n) is 4.38. The average Bonchev–Trinajstić information content (AvgIpc) is 3.14. The van der Waals surface area contributed by atoms with E-state index in [1.165, 1.54) is 16.8 Å². The number of carbonyl (C=O) groups is 1. The van der Waals surface area contributed by atoms with Gasteiger partial charge < -0.3 is 15.2 Å². The normalized spacial score (nSPS) is 18.3. The highest BCUT2D eigenvalue weighted by atomic mass is 19.1. The summed E-state index contributed by atoms with van der Waals surface area (Å²) in [4.78, 5) is 30.1. The smallest absolute Gasteiger partial charge is 0.346 e. The first kappa shape index (κ1) is 20.6. The summed E-state index contributed by atoms with van der Waals surface area (Å²) in [6.07, 6.45) is 4.59. The Hall–Kier alpha value is -3.27. The van der Waals surface area contributed by atoms with E-state index in [-0.39, 0.29) is 23.5 Å². The summed E-state index contributed by atoms with van der Waals surface area (Å²) in [7, 11) is 0. The van der Waals surface area contributed by atoms with Crippen LogP contribution in [-0.4, -0.2) is 48.9 Å². The van der Waals surface area contributed by atoms with Gasteiger partial charge in [0.05, 0.1) is 6.54 Å². The number of nitrogens with zero attached hydrogens (tertiary/aromatic N) is 5.